The van der Waals surface area contributed by atoms with Gasteiger partial charge in [0.05, 0.1) is 12.7 Å². The van der Waals surface area contributed by atoms with Crippen LogP contribution in [0.4, 0.5) is 4.39 Å². The summed E-state index contributed by atoms with van der Waals surface area (Å²) in [6.45, 7) is 0. The molecule has 2 heterocycles. The number of halogens is 1. The summed E-state index contributed by atoms with van der Waals surface area (Å²) in [4.78, 5) is 0. The van der Waals surface area contributed by atoms with Gasteiger partial charge in [0, 0.05) is 18.5 Å². The van der Waals surface area contributed by atoms with Gasteiger partial charge in [0.25, 0.3) is 0 Å². The Kier molecular flexibility index (Phi) is 3.69. The Morgan fingerprint density at radius 3 is 2.70 bits per heavy atom. The summed E-state index contributed by atoms with van der Waals surface area (Å²) in [6.07, 6.45) is 5.43. The van der Waals surface area contributed by atoms with Gasteiger partial charge in [0.15, 0.2) is 0 Å². The van der Waals surface area contributed by atoms with Crippen LogP contribution >= 0.6 is 0 Å². The molecule has 2 unspecified atom stereocenters. The maximum Gasteiger partial charge on any atom is 0.123 e. The average Bonchev–Trinajstić information content (AvgIpc) is 2.37. The van der Waals surface area contributed by atoms with Gasteiger partial charge in [-0.3, -0.25) is 0 Å². The monoisotopic (exact) mass is 279 g/mol. The third-order valence-corrected chi connectivity index (χ3v) is 4.59. The fourth-order valence-electron chi connectivity index (χ4n) is 3.82. The molecule has 4 heteroatoms. The molecule has 2 fully saturated rings. The van der Waals surface area contributed by atoms with Gasteiger partial charge >= 0.3 is 0 Å². The highest BCUT2D eigenvalue weighted by atomic mass is 19.1. The van der Waals surface area contributed by atoms with Crippen LogP contribution in [0.3, 0.4) is 0 Å². The molecule has 3 rings (SSSR count). The predicted octanol–water partition coefficient (Wildman–Crippen LogP) is 2.41. The van der Waals surface area contributed by atoms with E-state index in [1.165, 1.54) is 18.6 Å². The molecule has 1 aromatic rings. The molecule has 20 heavy (non-hydrogen) atoms. The zero-order valence-electron chi connectivity index (χ0n) is 11.9. The Morgan fingerprint density at radius 1 is 1.35 bits per heavy atom. The molecule has 2 N–H and O–H groups in total. The van der Waals surface area contributed by atoms with Crippen molar-refractivity contribution < 1.29 is 14.2 Å². The lowest BCUT2D eigenvalue weighted by Gasteiger charge is -2.45. The molecule has 0 radical (unpaired) electrons. The molecular formula is C16H22FNO2. The molecule has 2 aliphatic rings. The predicted molar refractivity (Wildman–Crippen MR) is 75.4 cm³/mol. The Hall–Kier alpha value is -1.13. The first kappa shape index (κ1) is 13.8. The van der Waals surface area contributed by atoms with Crippen LogP contribution in [0.5, 0.6) is 5.75 Å². The van der Waals surface area contributed by atoms with Crippen molar-refractivity contribution in [1.29, 1.82) is 0 Å². The second kappa shape index (κ2) is 5.34. The number of hydrogen-bond donors (Lipinski definition) is 2. The van der Waals surface area contributed by atoms with Crippen LogP contribution in [0.25, 0.3) is 0 Å². The summed E-state index contributed by atoms with van der Waals surface area (Å²) >= 11 is 0. The quantitative estimate of drug-likeness (QED) is 0.893. The normalized spacial score (nSPS) is 33.0. The Bertz CT molecular complexity index is 479. The largest absolute Gasteiger partial charge is 0.496 e. The molecule has 110 valence electrons. The molecule has 0 saturated carbocycles. The number of ether oxygens (including phenoxy) is 1. The summed E-state index contributed by atoms with van der Waals surface area (Å²) < 4.78 is 18.7. The van der Waals surface area contributed by atoms with E-state index < -0.39 is 5.60 Å². The van der Waals surface area contributed by atoms with Crippen molar-refractivity contribution >= 4 is 0 Å². The fourth-order valence-corrected chi connectivity index (χ4v) is 3.82. The van der Waals surface area contributed by atoms with Crippen LogP contribution in [0.1, 0.15) is 37.7 Å². The Morgan fingerprint density at radius 2 is 2.05 bits per heavy atom. The lowest BCUT2D eigenvalue weighted by molar-refractivity contribution is -0.0306. The van der Waals surface area contributed by atoms with Gasteiger partial charge in [-0.2, -0.15) is 0 Å². The molecular weight excluding hydrogens is 257 g/mol. The third-order valence-electron chi connectivity index (χ3n) is 4.59. The number of rotatable bonds is 3. The molecule has 2 aliphatic heterocycles. The Balaban J connectivity index is 1.81. The molecule has 2 bridgehead atoms. The first-order chi connectivity index (χ1) is 9.58. The van der Waals surface area contributed by atoms with E-state index in [0.717, 1.165) is 31.2 Å². The standard InChI is InChI=1S/C16H22FNO2/c1-20-15-6-5-12(17)7-11(15)8-16(19)9-13-3-2-4-14(10-16)18-13/h5-7,13-14,18-19H,2-4,8-10H2,1H3. The topological polar surface area (TPSA) is 41.5 Å². The first-order valence-corrected chi connectivity index (χ1v) is 7.39. The number of methoxy groups -OCH3 is 1. The van der Waals surface area contributed by atoms with Gasteiger partial charge in [0.2, 0.25) is 0 Å². The van der Waals surface area contributed by atoms with E-state index in [4.69, 9.17) is 4.74 Å². The minimum Gasteiger partial charge on any atom is -0.496 e. The van der Waals surface area contributed by atoms with Gasteiger partial charge in [-0.1, -0.05) is 6.42 Å². The minimum absolute atomic E-state index is 0.279. The van der Waals surface area contributed by atoms with Crippen molar-refractivity contribution in [2.45, 2.75) is 56.2 Å². The number of aliphatic hydroxyl groups is 1. The van der Waals surface area contributed by atoms with Crippen LogP contribution < -0.4 is 10.1 Å². The van der Waals surface area contributed by atoms with E-state index in [1.54, 1.807) is 13.2 Å². The van der Waals surface area contributed by atoms with E-state index in [0.29, 0.717) is 24.3 Å². The van der Waals surface area contributed by atoms with E-state index >= 15 is 0 Å². The zero-order valence-corrected chi connectivity index (χ0v) is 11.9. The maximum absolute atomic E-state index is 13.4. The smallest absolute Gasteiger partial charge is 0.123 e. The average molecular weight is 279 g/mol. The van der Waals surface area contributed by atoms with Crippen LogP contribution in [0.15, 0.2) is 18.2 Å². The van der Waals surface area contributed by atoms with Crippen LogP contribution in [-0.4, -0.2) is 29.9 Å². The zero-order chi connectivity index (χ0) is 14.2. The number of fused-ring (bicyclic) bond motifs is 2. The van der Waals surface area contributed by atoms with Gasteiger partial charge in [-0.15, -0.1) is 0 Å². The highest BCUT2D eigenvalue weighted by molar-refractivity contribution is 5.35. The molecule has 0 aromatic heterocycles. The SMILES string of the molecule is COc1ccc(F)cc1CC1(O)CC2CCCC(C1)N2. The van der Waals surface area contributed by atoms with Crippen molar-refractivity contribution in [3.63, 3.8) is 0 Å². The Labute approximate surface area is 119 Å². The summed E-state index contributed by atoms with van der Waals surface area (Å²) in [7, 11) is 1.58. The number of hydrogen-bond acceptors (Lipinski definition) is 3. The molecule has 2 saturated heterocycles. The summed E-state index contributed by atoms with van der Waals surface area (Å²) in [5, 5.41) is 14.5. The molecule has 0 aliphatic carbocycles. The number of nitrogens with one attached hydrogen (secondary N) is 1. The lowest BCUT2D eigenvalue weighted by Crippen LogP contribution is -2.56. The van der Waals surface area contributed by atoms with Gasteiger partial charge in [-0.25, -0.2) is 4.39 Å². The van der Waals surface area contributed by atoms with Crippen molar-refractivity contribution in [1.82, 2.24) is 5.32 Å². The minimum atomic E-state index is -0.748. The van der Waals surface area contributed by atoms with Crippen molar-refractivity contribution in [2.24, 2.45) is 0 Å². The van der Waals surface area contributed by atoms with Gasteiger partial charge < -0.3 is 15.2 Å². The fraction of sp³-hybridized carbons (Fsp3) is 0.625. The highest BCUT2D eigenvalue weighted by Gasteiger charge is 2.40. The van der Waals surface area contributed by atoms with Gasteiger partial charge in [-0.05, 0) is 49.4 Å². The first-order valence-electron chi connectivity index (χ1n) is 7.39. The van der Waals surface area contributed by atoms with Crippen LogP contribution in [-0.2, 0) is 6.42 Å². The number of benzene rings is 1. The van der Waals surface area contributed by atoms with Gasteiger partial charge in [0.1, 0.15) is 11.6 Å². The van der Waals surface area contributed by atoms with E-state index in [2.05, 4.69) is 5.32 Å². The summed E-state index contributed by atoms with van der Waals surface area (Å²) in [5.74, 6) is 0.377. The van der Waals surface area contributed by atoms with E-state index in [9.17, 15) is 9.50 Å². The molecule has 3 nitrogen and oxygen atoms in total. The van der Waals surface area contributed by atoms with Crippen LogP contribution in [0, 0.1) is 5.82 Å². The molecule has 1 aromatic carbocycles. The van der Waals surface area contributed by atoms with Crippen molar-refractivity contribution in [2.75, 3.05) is 7.11 Å². The summed E-state index contributed by atoms with van der Waals surface area (Å²) in [6, 6.07) is 5.30. The third kappa shape index (κ3) is 2.81. The molecule has 0 spiro atoms. The van der Waals surface area contributed by atoms with E-state index in [1.807, 2.05) is 0 Å². The van der Waals surface area contributed by atoms with Crippen molar-refractivity contribution in [3.8, 4) is 5.75 Å². The van der Waals surface area contributed by atoms with Crippen molar-refractivity contribution in [3.05, 3.63) is 29.6 Å². The summed E-state index contributed by atoms with van der Waals surface area (Å²) in [5.41, 5.74) is 0.0113. The second-order valence-corrected chi connectivity index (χ2v) is 6.26. The van der Waals surface area contributed by atoms with E-state index in [-0.39, 0.29) is 5.82 Å². The second-order valence-electron chi connectivity index (χ2n) is 6.26. The molecule has 0 amide bonds. The molecule has 2 atom stereocenters. The number of piperidine rings is 2. The van der Waals surface area contributed by atoms with Crippen LogP contribution in [0.2, 0.25) is 0 Å². The maximum atomic E-state index is 13.4. The highest BCUT2D eigenvalue weighted by Crippen LogP contribution is 2.36. The lowest BCUT2D eigenvalue weighted by atomic mass is 9.74.